The summed E-state index contributed by atoms with van der Waals surface area (Å²) in [6.45, 7) is 0.464. The quantitative estimate of drug-likeness (QED) is 0.914. The highest BCUT2D eigenvalue weighted by molar-refractivity contribution is 5.34. The van der Waals surface area contributed by atoms with Gasteiger partial charge in [-0.2, -0.15) is 5.10 Å². The third kappa shape index (κ3) is 2.96. The molecule has 1 saturated carbocycles. The first-order valence-electron chi connectivity index (χ1n) is 6.49. The van der Waals surface area contributed by atoms with Crippen molar-refractivity contribution in [1.29, 1.82) is 0 Å². The van der Waals surface area contributed by atoms with Crippen LogP contribution >= 0.6 is 0 Å². The van der Waals surface area contributed by atoms with E-state index in [2.05, 4.69) is 10.4 Å². The summed E-state index contributed by atoms with van der Waals surface area (Å²) in [5.74, 6) is -1.51. The maximum Gasteiger partial charge on any atom is 0.198 e. The number of rotatable bonds is 5. The van der Waals surface area contributed by atoms with E-state index in [-0.39, 0.29) is 0 Å². The van der Waals surface area contributed by atoms with E-state index in [1.807, 2.05) is 0 Å². The van der Waals surface area contributed by atoms with Crippen molar-refractivity contribution in [3.05, 3.63) is 41.7 Å². The first-order valence-corrected chi connectivity index (χ1v) is 6.49. The lowest BCUT2D eigenvalue weighted by Crippen LogP contribution is -2.15. The van der Waals surface area contributed by atoms with Crippen LogP contribution in [0.4, 0.5) is 8.78 Å². The minimum atomic E-state index is -0.707. The van der Waals surface area contributed by atoms with E-state index in [1.54, 1.807) is 13.2 Å². The number of nitrogens with one attached hydrogen (secondary N) is 1. The van der Waals surface area contributed by atoms with E-state index < -0.39 is 17.4 Å². The first kappa shape index (κ1) is 13.1. The Bertz CT molecular complexity index is 600. The highest BCUT2D eigenvalue weighted by atomic mass is 19.1. The molecule has 0 spiro atoms. The predicted octanol–water partition coefficient (Wildman–Crippen LogP) is 2.74. The number of aryl methyl sites for hydroxylation is 1. The van der Waals surface area contributed by atoms with Gasteiger partial charge in [0.25, 0.3) is 0 Å². The largest absolute Gasteiger partial charge is 0.448 e. The number of halogens is 2. The molecule has 1 aromatic carbocycles. The zero-order valence-electron chi connectivity index (χ0n) is 11.1. The Hall–Kier alpha value is -1.95. The van der Waals surface area contributed by atoms with Crippen LogP contribution in [0.3, 0.4) is 0 Å². The molecule has 1 fully saturated rings. The number of aromatic nitrogens is 2. The summed E-state index contributed by atoms with van der Waals surface area (Å²) in [6.07, 6.45) is 5.21. The fraction of sp³-hybridized carbons (Fsp3) is 0.357. The smallest absolute Gasteiger partial charge is 0.198 e. The molecule has 0 radical (unpaired) electrons. The molecule has 1 aliphatic carbocycles. The Kier molecular flexibility index (Phi) is 3.40. The van der Waals surface area contributed by atoms with E-state index in [0.717, 1.165) is 12.8 Å². The molecule has 0 aliphatic heterocycles. The zero-order valence-corrected chi connectivity index (χ0v) is 11.1. The summed E-state index contributed by atoms with van der Waals surface area (Å²) in [4.78, 5) is 0. The molecule has 1 N–H and O–H groups in total. The Balaban J connectivity index is 1.76. The van der Waals surface area contributed by atoms with Crippen molar-refractivity contribution in [2.45, 2.75) is 25.4 Å². The molecule has 1 heterocycles. The Morgan fingerprint density at radius 2 is 2.05 bits per heavy atom. The second-order valence-corrected chi connectivity index (χ2v) is 5.00. The molecule has 4 nitrogen and oxygen atoms in total. The molecule has 1 aromatic heterocycles. The first-order chi connectivity index (χ1) is 9.61. The van der Waals surface area contributed by atoms with Gasteiger partial charge < -0.3 is 10.1 Å². The topological polar surface area (TPSA) is 39.1 Å². The summed E-state index contributed by atoms with van der Waals surface area (Å²) in [7, 11) is 1.70. The van der Waals surface area contributed by atoms with Crippen molar-refractivity contribution < 1.29 is 13.5 Å². The van der Waals surface area contributed by atoms with Crippen molar-refractivity contribution in [3.8, 4) is 11.5 Å². The minimum absolute atomic E-state index is 0.300. The third-order valence-electron chi connectivity index (χ3n) is 3.13. The van der Waals surface area contributed by atoms with Gasteiger partial charge in [-0.05, 0) is 30.5 Å². The molecular weight excluding hydrogens is 264 g/mol. The summed E-state index contributed by atoms with van der Waals surface area (Å²) < 4.78 is 34.5. The van der Waals surface area contributed by atoms with E-state index in [0.29, 0.717) is 23.9 Å². The molecule has 6 heteroatoms. The number of hydrogen-bond acceptors (Lipinski definition) is 3. The molecule has 0 atom stereocenters. The van der Waals surface area contributed by atoms with Crippen LogP contribution in [0.1, 0.15) is 18.4 Å². The van der Waals surface area contributed by atoms with Crippen molar-refractivity contribution in [2.75, 3.05) is 0 Å². The van der Waals surface area contributed by atoms with Crippen molar-refractivity contribution in [1.82, 2.24) is 15.1 Å². The molecule has 0 bridgehead atoms. The lowest BCUT2D eigenvalue weighted by Gasteiger charge is -2.09. The molecule has 0 amide bonds. The van der Waals surface area contributed by atoms with Gasteiger partial charge in [-0.15, -0.1) is 0 Å². The van der Waals surface area contributed by atoms with Gasteiger partial charge in [0.15, 0.2) is 23.1 Å². The van der Waals surface area contributed by atoms with Crippen LogP contribution in [0.2, 0.25) is 0 Å². The summed E-state index contributed by atoms with van der Waals surface area (Å²) in [5.41, 5.74) is 0.574. The van der Waals surface area contributed by atoms with E-state index in [1.165, 1.54) is 23.0 Å². The number of nitrogens with zero attached hydrogens (tertiary/aromatic N) is 2. The van der Waals surface area contributed by atoms with Gasteiger partial charge in [-0.25, -0.2) is 8.78 Å². The molecule has 20 heavy (non-hydrogen) atoms. The van der Waals surface area contributed by atoms with Crippen molar-refractivity contribution >= 4 is 0 Å². The highest BCUT2D eigenvalue weighted by Gasteiger charge is 2.21. The fourth-order valence-electron chi connectivity index (χ4n) is 1.93. The van der Waals surface area contributed by atoms with E-state index in [4.69, 9.17) is 4.74 Å². The molecule has 2 aromatic rings. The van der Waals surface area contributed by atoms with Crippen molar-refractivity contribution in [3.63, 3.8) is 0 Å². The third-order valence-corrected chi connectivity index (χ3v) is 3.13. The number of benzene rings is 1. The van der Waals surface area contributed by atoms with Gasteiger partial charge in [0.2, 0.25) is 0 Å². The maximum atomic E-state index is 13.9. The van der Waals surface area contributed by atoms with Crippen LogP contribution < -0.4 is 10.1 Å². The van der Waals surface area contributed by atoms with Gasteiger partial charge in [0.05, 0.1) is 12.4 Å². The van der Waals surface area contributed by atoms with Gasteiger partial charge in [-0.3, -0.25) is 4.68 Å². The normalized spacial score (nSPS) is 14.6. The molecule has 106 valence electrons. The standard InChI is InChI=1S/C14H15F2N3O/c1-19-8-11(7-18-19)20-14-12(15)4-9(5-13(14)16)6-17-10-2-3-10/h4-5,7-8,10,17H,2-3,6H2,1H3. The van der Waals surface area contributed by atoms with E-state index >= 15 is 0 Å². The predicted molar refractivity (Wildman–Crippen MR) is 69.5 cm³/mol. The summed E-state index contributed by atoms with van der Waals surface area (Å²) in [6, 6.07) is 3.08. The van der Waals surface area contributed by atoms with Crippen LogP contribution in [0.5, 0.6) is 11.5 Å². The zero-order chi connectivity index (χ0) is 14.1. The monoisotopic (exact) mass is 279 g/mol. The Morgan fingerprint density at radius 1 is 1.35 bits per heavy atom. The van der Waals surface area contributed by atoms with Crippen LogP contribution in [0.15, 0.2) is 24.5 Å². The Labute approximate surface area is 115 Å². The minimum Gasteiger partial charge on any atom is -0.448 e. The number of hydrogen-bond donors (Lipinski definition) is 1. The molecule has 0 unspecified atom stereocenters. The highest BCUT2D eigenvalue weighted by Crippen LogP contribution is 2.28. The second kappa shape index (κ2) is 5.20. The van der Waals surface area contributed by atoms with E-state index in [9.17, 15) is 8.78 Å². The van der Waals surface area contributed by atoms with Gasteiger partial charge in [0.1, 0.15) is 0 Å². The average molecular weight is 279 g/mol. The lowest BCUT2D eigenvalue weighted by atomic mass is 10.2. The van der Waals surface area contributed by atoms with Gasteiger partial charge in [-0.1, -0.05) is 0 Å². The lowest BCUT2D eigenvalue weighted by molar-refractivity contribution is 0.405. The molecule has 1 aliphatic rings. The van der Waals surface area contributed by atoms with Crippen LogP contribution in [-0.4, -0.2) is 15.8 Å². The maximum absolute atomic E-state index is 13.9. The molecule has 0 saturated heterocycles. The Morgan fingerprint density at radius 3 is 2.60 bits per heavy atom. The fourth-order valence-corrected chi connectivity index (χ4v) is 1.93. The summed E-state index contributed by atoms with van der Waals surface area (Å²) in [5, 5.41) is 7.09. The van der Waals surface area contributed by atoms with Crippen molar-refractivity contribution in [2.24, 2.45) is 7.05 Å². The van der Waals surface area contributed by atoms with Crippen LogP contribution in [-0.2, 0) is 13.6 Å². The van der Waals surface area contributed by atoms with Gasteiger partial charge >= 0.3 is 0 Å². The average Bonchev–Trinajstić information content (AvgIpc) is 3.14. The van der Waals surface area contributed by atoms with Gasteiger partial charge in [0, 0.05) is 19.6 Å². The molecular formula is C14H15F2N3O. The molecule has 3 rings (SSSR count). The summed E-state index contributed by atoms with van der Waals surface area (Å²) >= 11 is 0. The second-order valence-electron chi connectivity index (χ2n) is 5.00. The van der Waals surface area contributed by atoms with Crippen LogP contribution in [0.25, 0.3) is 0 Å². The van der Waals surface area contributed by atoms with Crippen LogP contribution in [0, 0.1) is 11.6 Å². The SMILES string of the molecule is Cn1cc(Oc2c(F)cc(CNC3CC3)cc2F)cn1. The number of ether oxygens (including phenoxy) is 1.